The van der Waals surface area contributed by atoms with E-state index in [-0.39, 0.29) is 24.0 Å². The van der Waals surface area contributed by atoms with E-state index in [0.29, 0.717) is 19.4 Å². The molecule has 1 saturated heterocycles. The third-order valence-corrected chi connectivity index (χ3v) is 3.55. The van der Waals surface area contributed by atoms with Crippen LogP contribution in [0.5, 0.6) is 0 Å². The zero-order valence-electron chi connectivity index (χ0n) is 13.4. The predicted molar refractivity (Wildman–Crippen MR) is 81.6 cm³/mol. The summed E-state index contributed by atoms with van der Waals surface area (Å²) in [6.07, 6.45) is 7.88. The maximum absolute atomic E-state index is 12.3. The van der Waals surface area contributed by atoms with Gasteiger partial charge in [0.2, 0.25) is 5.91 Å². The van der Waals surface area contributed by atoms with Crippen molar-refractivity contribution in [1.82, 2.24) is 10.2 Å². The van der Waals surface area contributed by atoms with E-state index in [1.54, 1.807) is 11.9 Å². The molecule has 0 spiro atoms. The van der Waals surface area contributed by atoms with Crippen LogP contribution in [0.3, 0.4) is 0 Å². The highest BCUT2D eigenvalue weighted by Gasteiger charge is 2.33. The van der Waals surface area contributed by atoms with Gasteiger partial charge in [0.05, 0.1) is 0 Å². The Hall–Kier alpha value is -1.70. The molecule has 0 aromatic carbocycles. The highest BCUT2D eigenvalue weighted by atomic mass is 16.6. The van der Waals surface area contributed by atoms with E-state index in [9.17, 15) is 9.59 Å². The number of hydrogen-bond donors (Lipinski definition) is 1. The summed E-state index contributed by atoms with van der Waals surface area (Å²) in [6, 6.07) is 0.0155. The molecule has 0 saturated carbocycles. The fourth-order valence-corrected chi connectivity index (χ4v) is 2.43. The molecule has 5 nitrogen and oxygen atoms in total. The first-order valence-corrected chi connectivity index (χ1v) is 7.43. The molecule has 118 valence electrons. The predicted octanol–water partition coefficient (Wildman–Crippen LogP) is 2.16. The maximum Gasteiger partial charge on any atom is 0.410 e. The number of nitrogens with zero attached hydrogens (tertiary/aromatic N) is 1. The van der Waals surface area contributed by atoms with Crippen LogP contribution in [0.1, 0.15) is 46.5 Å². The molecule has 21 heavy (non-hydrogen) atoms. The van der Waals surface area contributed by atoms with Gasteiger partial charge in [0.25, 0.3) is 0 Å². The molecule has 0 radical (unpaired) electrons. The Balaban J connectivity index is 2.72. The number of carbonyl (C=O) groups excluding carboxylic acids is 2. The molecule has 1 N–H and O–H groups in total. The van der Waals surface area contributed by atoms with E-state index in [1.165, 1.54) is 0 Å². The van der Waals surface area contributed by atoms with Crippen LogP contribution in [-0.4, -0.2) is 42.1 Å². The van der Waals surface area contributed by atoms with Crippen molar-refractivity contribution in [3.05, 3.63) is 0 Å². The summed E-state index contributed by atoms with van der Waals surface area (Å²) in [6.45, 7) is 6.02. The second kappa shape index (κ2) is 7.35. The summed E-state index contributed by atoms with van der Waals surface area (Å²) in [5.74, 6) is 2.77. The zero-order chi connectivity index (χ0) is 16.0. The smallest absolute Gasteiger partial charge is 0.410 e. The standard InChI is InChI=1S/C16H26N2O3/c1-6-12-7-8-13(9-10-14(19)17-5)18(11-12)15(20)21-16(2,3)4/h1,12-13H,7-11H2,2-5H3,(H,17,19). The van der Waals surface area contributed by atoms with Crippen molar-refractivity contribution in [2.24, 2.45) is 5.92 Å². The van der Waals surface area contributed by atoms with Crippen LogP contribution < -0.4 is 5.32 Å². The highest BCUT2D eigenvalue weighted by molar-refractivity contribution is 5.75. The number of hydrogen-bond acceptors (Lipinski definition) is 3. The Morgan fingerprint density at radius 2 is 2.05 bits per heavy atom. The van der Waals surface area contributed by atoms with E-state index in [1.807, 2.05) is 20.8 Å². The number of ether oxygens (including phenoxy) is 1. The summed E-state index contributed by atoms with van der Waals surface area (Å²) in [7, 11) is 1.61. The lowest BCUT2D eigenvalue weighted by atomic mass is 9.91. The molecule has 1 heterocycles. The number of terminal acetylenes is 1. The van der Waals surface area contributed by atoms with Gasteiger partial charge in [0.1, 0.15) is 5.60 Å². The van der Waals surface area contributed by atoms with Crippen LogP contribution in [0.15, 0.2) is 0 Å². The summed E-state index contributed by atoms with van der Waals surface area (Å²) in [5.41, 5.74) is -0.536. The van der Waals surface area contributed by atoms with Gasteiger partial charge in [-0.2, -0.15) is 0 Å². The lowest BCUT2D eigenvalue weighted by molar-refractivity contribution is -0.121. The van der Waals surface area contributed by atoms with Gasteiger partial charge in [-0.25, -0.2) is 4.79 Å². The van der Waals surface area contributed by atoms with Crippen molar-refractivity contribution in [2.75, 3.05) is 13.6 Å². The molecule has 1 aliphatic heterocycles. The SMILES string of the molecule is C#CC1CCC(CCC(=O)NC)N(C(=O)OC(C)(C)C)C1. The fourth-order valence-electron chi connectivity index (χ4n) is 2.43. The number of carbonyl (C=O) groups is 2. The van der Waals surface area contributed by atoms with Crippen LogP contribution in [0, 0.1) is 18.3 Å². The van der Waals surface area contributed by atoms with Gasteiger partial charge in [-0.15, -0.1) is 12.3 Å². The minimum atomic E-state index is -0.536. The molecule has 2 atom stereocenters. The first-order chi connectivity index (χ1) is 9.76. The van der Waals surface area contributed by atoms with E-state index < -0.39 is 5.60 Å². The largest absolute Gasteiger partial charge is 0.444 e. The van der Waals surface area contributed by atoms with Crippen molar-refractivity contribution in [1.29, 1.82) is 0 Å². The van der Waals surface area contributed by atoms with Crippen molar-refractivity contribution < 1.29 is 14.3 Å². The second-order valence-corrected chi connectivity index (χ2v) is 6.44. The van der Waals surface area contributed by atoms with Crippen molar-refractivity contribution >= 4 is 12.0 Å². The molecule has 0 aromatic rings. The number of piperidine rings is 1. The van der Waals surface area contributed by atoms with Crippen LogP contribution in [0.25, 0.3) is 0 Å². The van der Waals surface area contributed by atoms with Gasteiger partial charge in [-0.3, -0.25) is 4.79 Å². The number of nitrogens with one attached hydrogen (secondary N) is 1. The first kappa shape index (κ1) is 17.4. The van der Waals surface area contributed by atoms with E-state index in [2.05, 4.69) is 11.2 Å². The Bertz CT molecular complexity index is 420. The molecule has 2 unspecified atom stereocenters. The van der Waals surface area contributed by atoms with E-state index in [0.717, 1.165) is 12.8 Å². The number of amides is 2. The summed E-state index contributed by atoms with van der Waals surface area (Å²) in [4.78, 5) is 25.4. The zero-order valence-corrected chi connectivity index (χ0v) is 13.4. The topological polar surface area (TPSA) is 58.6 Å². The molecular weight excluding hydrogens is 268 g/mol. The van der Waals surface area contributed by atoms with Gasteiger partial charge in [0, 0.05) is 32.0 Å². The van der Waals surface area contributed by atoms with Gasteiger partial charge in [0.15, 0.2) is 0 Å². The van der Waals surface area contributed by atoms with Crippen LogP contribution >= 0.6 is 0 Å². The van der Waals surface area contributed by atoms with Crippen molar-refractivity contribution in [3.8, 4) is 12.3 Å². The normalized spacial score (nSPS) is 22.3. The molecule has 1 fully saturated rings. The molecule has 1 aliphatic rings. The van der Waals surface area contributed by atoms with Crippen LogP contribution in [0.4, 0.5) is 4.79 Å². The highest BCUT2D eigenvalue weighted by Crippen LogP contribution is 2.26. The van der Waals surface area contributed by atoms with E-state index >= 15 is 0 Å². The molecule has 1 rings (SSSR count). The quantitative estimate of drug-likeness (QED) is 0.812. The Morgan fingerprint density at radius 1 is 1.38 bits per heavy atom. The van der Waals surface area contributed by atoms with Gasteiger partial charge in [-0.1, -0.05) is 0 Å². The monoisotopic (exact) mass is 294 g/mol. The van der Waals surface area contributed by atoms with Crippen molar-refractivity contribution in [3.63, 3.8) is 0 Å². The third-order valence-electron chi connectivity index (χ3n) is 3.55. The summed E-state index contributed by atoms with van der Waals surface area (Å²) < 4.78 is 5.45. The van der Waals surface area contributed by atoms with Gasteiger partial charge < -0.3 is 15.0 Å². The average molecular weight is 294 g/mol. The Kier molecular flexibility index (Phi) is 6.07. The number of likely N-dealkylation sites (tertiary alicyclic amines) is 1. The maximum atomic E-state index is 12.3. The summed E-state index contributed by atoms with van der Waals surface area (Å²) >= 11 is 0. The second-order valence-electron chi connectivity index (χ2n) is 6.44. The molecular formula is C16H26N2O3. The molecule has 0 aromatic heterocycles. The Labute approximate surface area is 127 Å². The molecule has 2 amide bonds. The Morgan fingerprint density at radius 3 is 2.57 bits per heavy atom. The van der Waals surface area contributed by atoms with Crippen LogP contribution in [-0.2, 0) is 9.53 Å². The summed E-state index contributed by atoms with van der Waals surface area (Å²) in [5, 5.41) is 2.60. The van der Waals surface area contributed by atoms with Gasteiger partial charge in [-0.05, 0) is 40.0 Å². The molecule has 0 bridgehead atoms. The first-order valence-electron chi connectivity index (χ1n) is 7.43. The van der Waals surface area contributed by atoms with Crippen LogP contribution in [0.2, 0.25) is 0 Å². The van der Waals surface area contributed by atoms with E-state index in [4.69, 9.17) is 11.2 Å². The fraction of sp³-hybridized carbons (Fsp3) is 0.750. The lowest BCUT2D eigenvalue weighted by Crippen LogP contribution is -2.48. The average Bonchev–Trinajstić information content (AvgIpc) is 2.42. The minimum Gasteiger partial charge on any atom is -0.444 e. The minimum absolute atomic E-state index is 0.0155. The lowest BCUT2D eigenvalue weighted by Gasteiger charge is -2.38. The van der Waals surface area contributed by atoms with Gasteiger partial charge >= 0.3 is 6.09 Å². The molecule has 0 aliphatic carbocycles. The van der Waals surface area contributed by atoms with Crippen molar-refractivity contribution in [2.45, 2.75) is 58.1 Å². The molecule has 5 heteroatoms. The third kappa shape index (κ3) is 5.66. The number of rotatable bonds is 3.